The molecule has 1 saturated heterocycles. The number of aryl methyl sites for hydroxylation is 1. The van der Waals surface area contributed by atoms with Gasteiger partial charge in [0.15, 0.2) is 0 Å². The third kappa shape index (κ3) is 4.46. The normalized spacial score (nSPS) is 20.6. The van der Waals surface area contributed by atoms with Gasteiger partial charge in [-0.05, 0) is 96.4 Å². The molecule has 3 aromatic carbocycles. The molecule has 0 radical (unpaired) electrons. The number of fused-ring (bicyclic) bond motifs is 1. The van der Waals surface area contributed by atoms with E-state index < -0.39 is 0 Å². The fourth-order valence-electron chi connectivity index (χ4n) is 5.40. The Morgan fingerprint density at radius 3 is 2.44 bits per heavy atom. The van der Waals surface area contributed by atoms with Gasteiger partial charge in [0.25, 0.3) is 0 Å². The van der Waals surface area contributed by atoms with Crippen LogP contribution < -0.4 is 4.74 Å². The van der Waals surface area contributed by atoms with Crippen molar-refractivity contribution < 1.29 is 4.74 Å². The number of ether oxygens (including phenoxy) is 1. The van der Waals surface area contributed by atoms with Crippen LogP contribution >= 0.6 is 0 Å². The zero-order valence-electron chi connectivity index (χ0n) is 18.5. The lowest BCUT2D eigenvalue weighted by atomic mass is 9.69. The van der Waals surface area contributed by atoms with Crippen molar-refractivity contribution in [3.8, 4) is 5.75 Å². The molecule has 2 atom stereocenters. The Bertz CT molecular complexity index is 1040. The molecular formula is C28H30N2O2. The SMILES string of the molecule is O=Nc1ccc2c(c1)CC[C@H](c1ccccc1)[C@@H]2c1ccc(OCCN2CCCC2)cc1. The number of nitroso groups, excluding NO2 is 1. The molecule has 0 spiro atoms. The highest BCUT2D eigenvalue weighted by molar-refractivity contribution is 5.51. The van der Waals surface area contributed by atoms with E-state index in [4.69, 9.17) is 4.74 Å². The highest BCUT2D eigenvalue weighted by Gasteiger charge is 2.32. The lowest BCUT2D eigenvalue weighted by Crippen LogP contribution is -2.25. The Morgan fingerprint density at radius 1 is 0.906 bits per heavy atom. The first-order valence-electron chi connectivity index (χ1n) is 11.8. The molecule has 5 rings (SSSR count). The Hall–Kier alpha value is -2.98. The minimum Gasteiger partial charge on any atom is -0.492 e. The van der Waals surface area contributed by atoms with Crippen LogP contribution in [-0.2, 0) is 6.42 Å². The molecule has 4 heteroatoms. The summed E-state index contributed by atoms with van der Waals surface area (Å²) in [7, 11) is 0. The first-order valence-corrected chi connectivity index (χ1v) is 11.8. The quantitative estimate of drug-likeness (QED) is 0.409. The van der Waals surface area contributed by atoms with Gasteiger partial charge in [-0.25, -0.2) is 0 Å². The van der Waals surface area contributed by atoms with Crippen molar-refractivity contribution in [3.05, 3.63) is 100.0 Å². The van der Waals surface area contributed by atoms with Crippen LogP contribution in [0.4, 0.5) is 5.69 Å². The van der Waals surface area contributed by atoms with E-state index in [9.17, 15) is 4.91 Å². The summed E-state index contributed by atoms with van der Waals surface area (Å²) in [4.78, 5) is 13.5. The maximum absolute atomic E-state index is 11.1. The Kier molecular flexibility index (Phi) is 6.31. The van der Waals surface area contributed by atoms with Gasteiger partial charge in [0, 0.05) is 12.5 Å². The molecule has 0 N–H and O–H groups in total. The number of nitrogens with zero attached hydrogens (tertiary/aromatic N) is 2. The van der Waals surface area contributed by atoms with E-state index in [1.807, 2.05) is 12.1 Å². The molecule has 0 aromatic heterocycles. The number of benzene rings is 3. The molecule has 0 saturated carbocycles. The highest BCUT2D eigenvalue weighted by Crippen LogP contribution is 2.47. The van der Waals surface area contributed by atoms with Gasteiger partial charge in [0.2, 0.25) is 0 Å². The minimum absolute atomic E-state index is 0.250. The predicted octanol–water partition coefficient (Wildman–Crippen LogP) is 6.42. The maximum Gasteiger partial charge on any atom is 0.119 e. The molecule has 1 aliphatic carbocycles. The molecular weight excluding hydrogens is 396 g/mol. The second-order valence-electron chi connectivity index (χ2n) is 8.97. The van der Waals surface area contributed by atoms with Crippen LogP contribution in [0.2, 0.25) is 0 Å². The summed E-state index contributed by atoms with van der Waals surface area (Å²) in [6.45, 7) is 4.14. The molecule has 0 amide bonds. The van der Waals surface area contributed by atoms with E-state index in [2.05, 4.69) is 70.7 Å². The molecule has 0 unspecified atom stereocenters. The Labute approximate surface area is 190 Å². The molecule has 1 fully saturated rings. The van der Waals surface area contributed by atoms with Crippen LogP contribution in [0.1, 0.15) is 53.4 Å². The van der Waals surface area contributed by atoms with Crippen LogP contribution in [0.5, 0.6) is 5.75 Å². The summed E-state index contributed by atoms with van der Waals surface area (Å²) in [5.74, 6) is 1.59. The van der Waals surface area contributed by atoms with E-state index in [1.165, 1.54) is 48.2 Å². The Balaban J connectivity index is 1.40. The molecule has 1 aliphatic heterocycles. The predicted molar refractivity (Wildman–Crippen MR) is 129 cm³/mol. The van der Waals surface area contributed by atoms with Gasteiger partial charge in [0.1, 0.15) is 18.0 Å². The monoisotopic (exact) mass is 426 g/mol. The van der Waals surface area contributed by atoms with Crippen molar-refractivity contribution in [1.29, 1.82) is 0 Å². The van der Waals surface area contributed by atoms with Gasteiger partial charge in [0.05, 0.1) is 0 Å². The number of hydrogen-bond acceptors (Lipinski definition) is 4. The topological polar surface area (TPSA) is 41.9 Å². The Morgan fingerprint density at radius 2 is 1.69 bits per heavy atom. The zero-order chi connectivity index (χ0) is 21.8. The van der Waals surface area contributed by atoms with Gasteiger partial charge in [-0.1, -0.05) is 48.5 Å². The zero-order valence-corrected chi connectivity index (χ0v) is 18.5. The van der Waals surface area contributed by atoms with Crippen LogP contribution in [0.25, 0.3) is 0 Å². The second-order valence-corrected chi connectivity index (χ2v) is 8.97. The molecule has 2 aliphatic rings. The van der Waals surface area contributed by atoms with E-state index in [0.29, 0.717) is 11.6 Å². The third-order valence-electron chi connectivity index (χ3n) is 7.04. The van der Waals surface area contributed by atoms with E-state index in [1.54, 1.807) is 0 Å². The second kappa shape index (κ2) is 9.66. The number of hydrogen-bond donors (Lipinski definition) is 0. The molecule has 164 valence electrons. The summed E-state index contributed by atoms with van der Waals surface area (Å²) < 4.78 is 6.03. The van der Waals surface area contributed by atoms with Crippen molar-refractivity contribution in [2.75, 3.05) is 26.2 Å². The average molecular weight is 427 g/mol. The van der Waals surface area contributed by atoms with Gasteiger partial charge >= 0.3 is 0 Å². The van der Waals surface area contributed by atoms with Crippen molar-refractivity contribution >= 4 is 5.69 Å². The van der Waals surface area contributed by atoms with Crippen molar-refractivity contribution in [2.24, 2.45) is 5.18 Å². The molecule has 4 nitrogen and oxygen atoms in total. The van der Waals surface area contributed by atoms with Gasteiger partial charge in [-0.15, -0.1) is 4.91 Å². The van der Waals surface area contributed by atoms with Crippen LogP contribution in [0.15, 0.2) is 78.0 Å². The first kappa shape index (κ1) is 20.9. The van der Waals surface area contributed by atoms with Crippen molar-refractivity contribution in [2.45, 2.75) is 37.5 Å². The van der Waals surface area contributed by atoms with Gasteiger partial charge < -0.3 is 4.74 Å². The fourth-order valence-corrected chi connectivity index (χ4v) is 5.40. The van der Waals surface area contributed by atoms with Crippen LogP contribution in [0.3, 0.4) is 0 Å². The smallest absolute Gasteiger partial charge is 0.119 e. The highest BCUT2D eigenvalue weighted by atomic mass is 16.5. The largest absolute Gasteiger partial charge is 0.492 e. The van der Waals surface area contributed by atoms with Crippen LogP contribution in [-0.4, -0.2) is 31.1 Å². The van der Waals surface area contributed by atoms with Crippen molar-refractivity contribution in [1.82, 2.24) is 4.90 Å². The van der Waals surface area contributed by atoms with Gasteiger partial charge in [-0.2, -0.15) is 0 Å². The summed E-state index contributed by atoms with van der Waals surface area (Å²) in [5.41, 5.74) is 5.72. The number of likely N-dealkylation sites (tertiary alicyclic amines) is 1. The van der Waals surface area contributed by atoms with Gasteiger partial charge in [-0.3, -0.25) is 4.90 Å². The minimum atomic E-state index is 0.250. The fraction of sp³-hybridized carbons (Fsp3) is 0.357. The van der Waals surface area contributed by atoms with E-state index >= 15 is 0 Å². The summed E-state index contributed by atoms with van der Waals surface area (Å²) in [6.07, 6.45) is 4.64. The standard InChI is InChI=1S/C28H30N2O2/c31-29-24-11-15-27-23(20-24)10-14-26(21-6-2-1-3-7-21)28(27)22-8-12-25(13-9-22)32-19-18-30-16-4-5-17-30/h1-3,6-9,11-13,15,20,26,28H,4-5,10,14,16-19H2/t26-,28+/m1/s1. The van der Waals surface area contributed by atoms with E-state index in [-0.39, 0.29) is 5.92 Å². The summed E-state index contributed by atoms with van der Waals surface area (Å²) >= 11 is 0. The van der Waals surface area contributed by atoms with Crippen LogP contribution in [0, 0.1) is 4.91 Å². The van der Waals surface area contributed by atoms with E-state index in [0.717, 1.165) is 31.7 Å². The maximum atomic E-state index is 11.1. The summed E-state index contributed by atoms with van der Waals surface area (Å²) in [6, 6.07) is 25.4. The lowest BCUT2D eigenvalue weighted by molar-refractivity contribution is 0.237. The third-order valence-corrected chi connectivity index (χ3v) is 7.04. The number of rotatable bonds is 7. The molecule has 3 aromatic rings. The molecule has 32 heavy (non-hydrogen) atoms. The summed E-state index contributed by atoms with van der Waals surface area (Å²) in [5, 5.41) is 3.15. The van der Waals surface area contributed by atoms with Crippen molar-refractivity contribution in [3.63, 3.8) is 0 Å². The molecule has 0 bridgehead atoms. The molecule has 1 heterocycles. The first-order chi connectivity index (χ1) is 15.8. The average Bonchev–Trinajstić information content (AvgIpc) is 3.37. The lowest BCUT2D eigenvalue weighted by Gasteiger charge is -2.35.